The van der Waals surface area contributed by atoms with Gasteiger partial charge < -0.3 is 5.01 Å². The summed E-state index contributed by atoms with van der Waals surface area (Å²) in [6.07, 6.45) is 5.75. The van der Waals surface area contributed by atoms with E-state index in [0.29, 0.717) is 0 Å². The van der Waals surface area contributed by atoms with Crippen molar-refractivity contribution >= 4 is 0 Å². The third kappa shape index (κ3) is 0.530. The number of hydrogen-bond donors (Lipinski definition) is 1. The SMILES string of the molecule is C1=CN2CCC1CN2. The molecule has 1 saturated heterocycles. The number of fused-ring (bicyclic) bond motifs is 2. The smallest absolute Gasteiger partial charge is 0.0343 e. The zero-order chi connectivity index (χ0) is 5.40. The van der Waals surface area contributed by atoms with E-state index in [0.717, 1.165) is 12.5 Å². The van der Waals surface area contributed by atoms with Crippen LogP contribution < -0.4 is 5.43 Å². The van der Waals surface area contributed by atoms with Crippen molar-refractivity contribution < 1.29 is 0 Å². The molecular formula is C6H10N2. The van der Waals surface area contributed by atoms with Gasteiger partial charge >= 0.3 is 0 Å². The highest BCUT2D eigenvalue weighted by Crippen LogP contribution is 2.15. The van der Waals surface area contributed by atoms with Crippen LogP contribution >= 0.6 is 0 Å². The van der Waals surface area contributed by atoms with Gasteiger partial charge in [0.15, 0.2) is 0 Å². The molecule has 0 aliphatic carbocycles. The Morgan fingerprint density at radius 2 is 2.62 bits per heavy atom. The molecule has 0 radical (unpaired) electrons. The highest BCUT2D eigenvalue weighted by Gasteiger charge is 2.18. The normalized spacial score (nSPS) is 34.0. The summed E-state index contributed by atoms with van der Waals surface area (Å²) in [4.78, 5) is 0. The fraction of sp³-hybridized carbons (Fsp3) is 0.667. The van der Waals surface area contributed by atoms with Crippen LogP contribution in [0.1, 0.15) is 6.42 Å². The second-order valence-corrected chi connectivity index (χ2v) is 2.45. The molecule has 3 aliphatic rings. The maximum Gasteiger partial charge on any atom is 0.0343 e. The van der Waals surface area contributed by atoms with Crippen LogP contribution in [0.4, 0.5) is 0 Å². The molecule has 1 unspecified atom stereocenters. The molecule has 2 bridgehead atoms. The summed E-state index contributed by atoms with van der Waals surface area (Å²) in [5.74, 6) is 0.819. The third-order valence-electron chi connectivity index (χ3n) is 1.84. The van der Waals surface area contributed by atoms with Gasteiger partial charge in [-0.05, 0) is 12.3 Å². The van der Waals surface area contributed by atoms with Gasteiger partial charge in [-0.2, -0.15) is 0 Å². The Kier molecular flexibility index (Phi) is 0.815. The Bertz CT molecular complexity index is 97.7. The monoisotopic (exact) mass is 110 g/mol. The van der Waals surface area contributed by atoms with Crippen molar-refractivity contribution in [1.82, 2.24) is 10.4 Å². The van der Waals surface area contributed by atoms with Crippen LogP contribution in [0.15, 0.2) is 12.3 Å². The van der Waals surface area contributed by atoms with E-state index in [9.17, 15) is 0 Å². The van der Waals surface area contributed by atoms with Crippen molar-refractivity contribution in [2.45, 2.75) is 6.42 Å². The van der Waals surface area contributed by atoms with Gasteiger partial charge in [0.2, 0.25) is 0 Å². The standard InChI is InChI=1S/C6H10N2/c1-3-8-4-2-6(1)5-7-8/h1,3,6-7H,2,4-5H2. The molecule has 0 saturated carbocycles. The van der Waals surface area contributed by atoms with Gasteiger partial charge in [0.25, 0.3) is 0 Å². The molecule has 44 valence electrons. The lowest BCUT2D eigenvalue weighted by Crippen LogP contribution is -2.46. The number of hydrazine groups is 1. The van der Waals surface area contributed by atoms with Crippen LogP contribution in [-0.2, 0) is 0 Å². The summed E-state index contributed by atoms with van der Waals surface area (Å²) in [5, 5.41) is 2.15. The number of rotatable bonds is 0. The van der Waals surface area contributed by atoms with Gasteiger partial charge in [-0.25, -0.2) is 5.43 Å². The number of nitrogens with one attached hydrogen (secondary N) is 1. The molecule has 2 heteroatoms. The van der Waals surface area contributed by atoms with Crippen molar-refractivity contribution in [2.75, 3.05) is 13.1 Å². The molecule has 3 rings (SSSR count). The van der Waals surface area contributed by atoms with Crippen LogP contribution in [0.2, 0.25) is 0 Å². The molecule has 1 fully saturated rings. The van der Waals surface area contributed by atoms with E-state index in [4.69, 9.17) is 0 Å². The van der Waals surface area contributed by atoms with Crippen molar-refractivity contribution in [3.05, 3.63) is 12.3 Å². The second kappa shape index (κ2) is 1.49. The minimum absolute atomic E-state index is 0.819. The lowest BCUT2D eigenvalue weighted by molar-refractivity contribution is 0.173. The third-order valence-corrected chi connectivity index (χ3v) is 1.84. The first-order chi connectivity index (χ1) is 3.95. The maximum atomic E-state index is 3.27. The first-order valence-electron chi connectivity index (χ1n) is 3.13. The molecule has 0 amide bonds. The first kappa shape index (κ1) is 4.39. The Morgan fingerprint density at radius 3 is 2.75 bits per heavy atom. The van der Waals surface area contributed by atoms with Crippen molar-refractivity contribution in [1.29, 1.82) is 0 Å². The maximum absolute atomic E-state index is 3.27. The van der Waals surface area contributed by atoms with E-state index in [2.05, 4.69) is 22.7 Å². The Morgan fingerprint density at radius 1 is 1.62 bits per heavy atom. The van der Waals surface area contributed by atoms with E-state index in [1.165, 1.54) is 13.0 Å². The van der Waals surface area contributed by atoms with Crippen molar-refractivity contribution in [3.63, 3.8) is 0 Å². The minimum atomic E-state index is 0.819. The molecule has 0 aromatic heterocycles. The molecule has 1 atom stereocenters. The van der Waals surface area contributed by atoms with Gasteiger partial charge in [0.05, 0.1) is 0 Å². The van der Waals surface area contributed by atoms with Gasteiger partial charge in [0, 0.05) is 19.3 Å². The zero-order valence-electron chi connectivity index (χ0n) is 4.80. The highest BCUT2D eigenvalue weighted by molar-refractivity contribution is 4.97. The number of hydrogen-bond acceptors (Lipinski definition) is 2. The van der Waals surface area contributed by atoms with E-state index in [1.807, 2.05) is 0 Å². The Balaban J connectivity index is 2.20. The predicted octanol–water partition coefficient (Wildman–Crippen LogP) is 0.340. The fourth-order valence-corrected chi connectivity index (χ4v) is 1.24. The summed E-state index contributed by atoms with van der Waals surface area (Å²) in [6, 6.07) is 0. The summed E-state index contributed by atoms with van der Waals surface area (Å²) in [6.45, 7) is 2.34. The number of nitrogens with zero attached hydrogens (tertiary/aromatic N) is 1. The topological polar surface area (TPSA) is 15.3 Å². The van der Waals surface area contributed by atoms with E-state index < -0.39 is 0 Å². The van der Waals surface area contributed by atoms with Crippen molar-refractivity contribution in [3.8, 4) is 0 Å². The average Bonchev–Trinajstić information content (AvgIpc) is 1.92. The van der Waals surface area contributed by atoms with Gasteiger partial charge in [-0.15, -0.1) is 0 Å². The molecule has 1 N–H and O–H groups in total. The molecule has 3 heterocycles. The minimum Gasteiger partial charge on any atom is -0.316 e. The van der Waals surface area contributed by atoms with Crippen LogP contribution in [0.25, 0.3) is 0 Å². The lowest BCUT2D eigenvalue weighted by Gasteiger charge is -2.35. The Hall–Kier alpha value is -0.500. The van der Waals surface area contributed by atoms with Gasteiger partial charge in [-0.3, -0.25) is 0 Å². The zero-order valence-corrected chi connectivity index (χ0v) is 4.80. The molecule has 0 aromatic carbocycles. The molecular weight excluding hydrogens is 100 g/mol. The molecule has 3 aliphatic heterocycles. The molecule has 0 aromatic rings. The second-order valence-electron chi connectivity index (χ2n) is 2.45. The van der Waals surface area contributed by atoms with E-state index in [1.54, 1.807) is 0 Å². The van der Waals surface area contributed by atoms with Crippen molar-refractivity contribution in [2.24, 2.45) is 5.92 Å². The molecule has 2 nitrogen and oxygen atoms in total. The summed E-state index contributed by atoms with van der Waals surface area (Å²) >= 11 is 0. The first-order valence-corrected chi connectivity index (χ1v) is 3.13. The molecule has 8 heavy (non-hydrogen) atoms. The van der Waals surface area contributed by atoms with Crippen LogP contribution in [-0.4, -0.2) is 18.1 Å². The van der Waals surface area contributed by atoms with Crippen LogP contribution in [0.3, 0.4) is 0 Å². The van der Waals surface area contributed by atoms with Gasteiger partial charge in [0.1, 0.15) is 0 Å². The summed E-state index contributed by atoms with van der Waals surface area (Å²) in [5.41, 5.74) is 3.27. The summed E-state index contributed by atoms with van der Waals surface area (Å²) in [7, 11) is 0. The van der Waals surface area contributed by atoms with Gasteiger partial charge in [-0.1, -0.05) is 6.08 Å². The largest absolute Gasteiger partial charge is 0.316 e. The lowest BCUT2D eigenvalue weighted by atomic mass is 10.0. The fourth-order valence-electron chi connectivity index (χ4n) is 1.24. The van der Waals surface area contributed by atoms with E-state index in [-0.39, 0.29) is 0 Å². The van der Waals surface area contributed by atoms with Crippen LogP contribution in [0.5, 0.6) is 0 Å². The average molecular weight is 110 g/mol. The predicted molar refractivity (Wildman–Crippen MR) is 32.0 cm³/mol. The molecule has 0 spiro atoms. The summed E-state index contributed by atoms with van der Waals surface area (Å²) < 4.78 is 0. The quantitative estimate of drug-likeness (QED) is 0.483. The Labute approximate surface area is 49.1 Å². The van der Waals surface area contributed by atoms with Crippen LogP contribution in [0, 0.1) is 5.92 Å². The highest BCUT2D eigenvalue weighted by atomic mass is 15.5. The van der Waals surface area contributed by atoms with E-state index >= 15 is 0 Å².